The number of piperazine rings is 1. The van der Waals surface area contributed by atoms with Crippen LogP contribution in [0.4, 0.5) is 5.69 Å². The predicted octanol–water partition coefficient (Wildman–Crippen LogP) is 3.26. The SMILES string of the molecule is C=CC(=O)N1CCN([C@@H]2CCNc3c2nn(-c2ccc(Oc4ccc(C)cc4)cc2)c3C(N)=O)CC1. The van der Waals surface area contributed by atoms with Gasteiger partial charge in [0.15, 0.2) is 5.69 Å². The molecule has 1 fully saturated rings. The fourth-order valence-electron chi connectivity index (χ4n) is 4.86. The molecule has 2 aliphatic heterocycles. The van der Waals surface area contributed by atoms with Gasteiger partial charge in [0, 0.05) is 32.7 Å². The number of rotatable bonds is 6. The highest BCUT2D eigenvalue weighted by molar-refractivity contribution is 5.98. The van der Waals surface area contributed by atoms with Gasteiger partial charge in [0.05, 0.1) is 17.4 Å². The van der Waals surface area contributed by atoms with E-state index in [2.05, 4.69) is 16.8 Å². The molecule has 1 saturated heterocycles. The Morgan fingerprint density at radius 2 is 1.69 bits per heavy atom. The second kappa shape index (κ2) is 9.87. The monoisotopic (exact) mass is 486 g/mol. The topological polar surface area (TPSA) is 106 Å². The number of aromatic nitrogens is 2. The molecule has 3 N–H and O–H groups in total. The minimum Gasteiger partial charge on any atom is -0.457 e. The zero-order valence-electron chi connectivity index (χ0n) is 20.3. The number of primary amides is 1. The van der Waals surface area contributed by atoms with Crippen molar-refractivity contribution >= 4 is 17.5 Å². The number of nitrogens with zero attached hydrogens (tertiary/aromatic N) is 4. The Hall–Kier alpha value is -4.11. The molecule has 9 nitrogen and oxygen atoms in total. The van der Waals surface area contributed by atoms with Crippen LogP contribution in [0.25, 0.3) is 5.69 Å². The number of nitrogens with one attached hydrogen (secondary N) is 1. The van der Waals surface area contributed by atoms with E-state index in [4.69, 9.17) is 15.6 Å². The van der Waals surface area contributed by atoms with Gasteiger partial charge in [-0.15, -0.1) is 0 Å². The van der Waals surface area contributed by atoms with Crippen LogP contribution in [0.2, 0.25) is 0 Å². The van der Waals surface area contributed by atoms with Gasteiger partial charge in [0.1, 0.15) is 17.2 Å². The molecular formula is C27H30N6O3. The van der Waals surface area contributed by atoms with Crippen molar-refractivity contribution in [2.24, 2.45) is 5.73 Å². The quantitative estimate of drug-likeness (QED) is 0.518. The van der Waals surface area contributed by atoms with Crippen LogP contribution in [-0.2, 0) is 4.79 Å². The summed E-state index contributed by atoms with van der Waals surface area (Å²) >= 11 is 0. The summed E-state index contributed by atoms with van der Waals surface area (Å²) in [5.41, 5.74) is 9.53. The highest BCUT2D eigenvalue weighted by atomic mass is 16.5. The molecule has 2 amide bonds. The molecule has 0 spiro atoms. The smallest absolute Gasteiger partial charge is 0.269 e. The molecule has 0 bridgehead atoms. The van der Waals surface area contributed by atoms with Gasteiger partial charge in [-0.3, -0.25) is 14.5 Å². The Morgan fingerprint density at radius 1 is 1.06 bits per heavy atom. The number of nitrogens with two attached hydrogens (primary N) is 1. The van der Waals surface area contributed by atoms with E-state index < -0.39 is 5.91 Å². The Kier molecular flexibility index (Phi) is 6.47. The average Bonchev–Trinajstić information content (AvgIpc) is 3.30. The number of carbonyl (C=O) groups is 2. The first kappa shape index (κ1) is 23.6. The number of hydrogen-bond donors (Lipinski definition) is 2. The summed E-state index contributed by atoms with van der Waals surface area (Å²) in [6.07, 6.45) is 2.21. The fraction of sp³-hybridized carbons (Fsp3) is 0.296. The van der Waals surface area contributed by atoms with Crippen molar-refractivity contribution in [3.63, 3.8) is 0 Å². The lowest BCUT2D eigenvalue weighted by Crippen LogP contribution is -2.50. The summed E-state index contributed by atoms with van der Waals surface area (Å²) < 4.78 is 7.56. The lowest BCUT2D eigenvalue weighted by atomic mass is 10.0. The van der Waals surface area contributed by atoms with Crippen molar-refractivity contribution in [2.45, 2.75) is 19.4 Å². The van der Waals surface area contributed by atoms with E-state index in [9.17, 15) is 9.59 Å². The number of carbonyl (C=O) groups excluding carboxylic acids is 2. The Balaban J connectivity index is 1.40. The van der Waals surface area contributed by atoms with Gasteiger partial charge in [0.2, 0.25) is 5.91 Å². The number of fused-ring (bicyclic) bond motifs is 1. The normalized spacial score (nSPS) is 17.7. The second-order valence-corrected chi connectivity index (χ2v) is 9.09. The van der Waals surface area contributed by atoms with Crippen LogP contribution in [0.1, 0.15) is 34.2 Å². The van der Waals surface area contributed by atoms with E-state index in [0.717, 1.165) is 36.6 Å². The zero-order chi connectivity index (χ0) is 25.2. The lowest BCUT2D eigenvalue weighted by Gasteiger charge is -2.40. The third-order valence-electron chi connectivity index (χ3n) is 6.76. The van der Waals surface area contributed by atoms with E-state index in [1.54, 1.807) is 9.58 Å². The number of anilines is 1. The minimum atomic E-state index is -0.543. The highest BCUT2D eigenvalue weighted by Crippen LogP contribution is 2.37. The molecule has 1 aromatic heterocycles. The predicted molar refractivity (Wildman–Crippen MR) is 138 cm³/mol. The van der Waals surface area contributed by atoms with Crippen molar-refractivity contribution in [2.75, 3.05) is 38.0 Å². The Bertz CT molecular complexity index is 1270. The average molecular weight is 487 g/mol. The van der Waals surface area contributed by atoms with Crippen LogP contribution >= 0.6 is 0 Å². The number of benzene rings is 2. The second-order valence-electron chi connectivity index (χ2n) is 9.09. The standard InChI is InChI=1S/C27H30N6O3/c1-3-23(34)32-16-14-31(15-17-32)22-12-13-29-25-24(22)30-33(26(25)27(28)35)19-6-10-21(11-7-19)36-20-8-4-18(2)5-9-20/h3-11,22,29H,1,12-17H2,2H3,(H2,28,35)/t22-/m1/s1. The lowest BCUT2D eigenvalue weighted by molar-refractivity contribution is -0.128. The van der Waals surface area contributed by atoms with Crippen molar-refractivity contribution in [3.05, 3.63) is 78.1 Å². The summed E-state index contributed by atoms with van der Waals surface area (Å²) in [7, 11) is 0. The summed E-state index contributed by atoms with van der Waals surface area (Å²) in [5.74, 6) is 0.847. The van der Waals surface area contributed by atoms with E-state index in [1.165, 1.54) is 11.6 Å². The molecule has 2 aromatic carbocycles. The largest absolute Gasteiger partial charge is 0.457 e. The van der Waals surface area contributed by atoms with Crippen molar-refractivity contribution < 1.29 is 14.3 Å². The first-order valence-electron chi connectivity index (χ1n) is 12.1. The molecule has 2 aliphatic rings. The van der Waals surface area contributed by atoms with Gasteiger partial charge < -0.3 is 20.7 Å². The maximum absolute atomic E-state index is 12.5. The van der Waals surface area contributed by atoms with Crippen LogP contribution in [0, 0.1) is 6.92 Å². The van der Waals surface area contributed by atoms with Crippen LogP contribution < -0.4 is 15.8 Å². The zero-order valence-corrected chi connectivity index (χ0v) is 20.3. The minimum absolute atomic E-state index is 0.0331. The van der Waals surface area contributed by atoms with Crippen molar-refractivity contribution in [1.29, 1.82) is 0 Å². The van der Waals surface area contributed by atoms with Gasteiger partial charge in [0.25, 0.3) is 5.91 Å². The number of ether oxygens (including phenoxy) is 1. The van der Waals surface area contributed by atoms with Crippen LogP contribution in [0.3, 0.4) is 0 Å². The van der Waals surface area contributed by atoms with E-state index >= 15 is 0 Å². The van der Waals surface area contributed by atoms with Crippen molar-refractivity contribution in [1.82, 2.24) is 19.6 Å². The summed E-state index contributed by atoms with van der Waals surface area (Å²) in [6, 6.07) is 15.3. The van der Waals surface area contributed by atoms with Gasteiger partial charge >= 0.3 is 0 Å². The molecular weight excluding hydrogens is 456 g/mol. The fourth-order valence-corrected chi connectivity index (χ4v) is 4.86. The third kappa shape index (κ3) is 4.57. The molecule has 1 atom stereocenters. The first-order valence-corrected chi connectivity index (χ1v) is 12.1. The first-order chi connectivity index (χ1) is 17.4. The summed E-state index contributed by atoms with van der Waals surface area (Å²) in [4.78, 5) is 28.6. The van der Waals surface area contributed by atoms with Crippen LogP contribution in [0.15, 0.2) is 61.2 Å². The molecule has 0 saturated carbocycles. The van der Waals surface area contributed by atoms with Gasteiger partial charge in [-0.05, 0) is 55.8 Å². The van der Waals surface area contributed by atoms with Gasteiger partial charge in [-0.2, -0.15) is 5.10 Å². The molecule has 0 unspecified atom stereocenters. The number of aryl methyl sites for hydroxylation is 1. The Labute approximate surface area is 210 Å². The molecule has 3 heterocycles. The van der Waals surface area contributed by atoms with Crippen molar-refractivity contribution in [3.8, 4) is 17.2 Å². The molecule has 9 heteroatoms. The molecule has 5 rings (SSSR count). The third-order valence-corrected chi connectivity index (χ3v) is 6.76. The van der Waals surface area contributed by atoms with Gasteiger partial charge in [-0.25, -0.2) is 4.68 Å². The maximum atomic E-state index is 12.5. The summed E-state index contributed by atoms with van der Waals surface area (Å²) in [5, 5.41) is 8.21. The molecule has 36 heavy (non-hydrogen) atoms. The molecule has 0 radical (unpaired) electrons. The van der Waals surface area contributed by atoms with Gasteiger partial charge in [-0.1, -0.05) is 24.3 Å². The summed E-state index contributed by atoms with van der Waals surface area (Å²) in [6.45, 7) is 9.05. The maximum Gasteiger partial charge on any atom is 0.269 e. The van der Waals surface area contributed by atoms with E-state index in [1.807, 2.05) is 55.5 Å². The Morgan fingerprint density at radius 3 is 2.31 bits per heavy atom. The molecule has 3 aromatic rings. The molecule has 186 valence electrons. The van der Waals surface area contributed by atoms with E-state index in [0.29, 0.717) is 36.8 Å². The van der Waals surface area contributed by atoms with Crippen LogP contribution in [0.5, 0.6) is 11.5 Å². The highest BCUT2D eigenvalue weighted by Gasteiger charge is 2.35. The number of amides is 2. The molecule has 0 aliphatic carbocycles. The van der Waals surface area contributed by atoms with Crippen LogP contribution in [-0.4, -0.2) is 64.1 Å². The number of hydrogen-bond acceptors (Lipinski definition) is 6. The van der Waals surface area contributed by atoms with E-state index in [-0.39, 0.29) is 11.9 Å².